The third kappa shape index (κ3) is 5.07. The van der Waals surface area contributed by atoms with Crippen molar-refractivity contribution < 1.29 is 18.8 Å². The van der Waals surface area contributed by atoms with Crippen LogP contribution in [0.2, 0.25) is 0 Å². The summed E-state index contributed by atoms with van der Waals surface area (Å²) in [6.07, 6.45) is 0. The molecule has 32 heavy (non-hydrogen) atoms. The predicted molar refractivity (Wildman–Crippen MR) is 117 cm³/mol. The molecule has 1 atom stereocenters. The van der Waals surface area contributed by atoms with Gasteiger partial charge < -0.3 is 14.6 Å². The summed E-state index contributed by atoms with van der Waals surface area (Å²) in [6, 6.07) is 24.3. The van der Waals surface area contributed by atoms with Crippen molar-refractivity contribution in [3.8, 4) is 11.4 Å². The van der Waals surface area contributed by atoms with Gasteiger partial charge in [0.1, 0.15) is 0 Å². The first-order chi connectivity index (χ1) is 15.6. The maximum atomic E-state index is 12.9. The van der Waals surface area contributed by atoms with E-state index >= 15 is 0 Å². The van der Waals surface area contributed by atoms with E-state index < -0.39 is 12.0 Å². The Hall–Kier alpha value is -4.26. The van der Waals surface area contributed by atoms with Gasteiger partial charge in [-0.05, 0) is 24.6 Å². The SMILES string of the molecule is Cc1ccc(-c2noc(COC(=O)C(NC(=O)c3ccccc3)c3ccccc3)n2)cc1. The minimum atomic E-state index is -0.983. The standard InChI is InChI=1S/C25H21N3O4/c1-17-12-14-19(15-13-17)23-26-21(32-28-23)16-31-25(30)22(18-8-4-2-5-9-18)27-24(29)20-10-6-3-7-11-20/h2-15,22H,16H2,1H3,(H,27,29). The molecule has 7 heteroatoms. The number of carbonyl (C=O) groups excluding carboxylic acids is 2. The summed E-state index contributed by atoms with van der Waals surface area (Å²) in [5.74, 6) is -0.436. The number of aryl methyl sites for hydroxylation is 1. The van der Waals surface area contributed by atoms with E-state index in [2.05, 4.69) is 15.5 Å². The molecule has 1 heterocycles. The normalized spacial score (nSPS) is 11.5. The van der Waals surface area contributed by atoms with E-state index in [0.717, 1.165) is 11.1 Å². The van der Waals surface area contributed by atoms with Gasteiger partial charge in [0.25, 0.3) is 11.8 Å². The Bertz CT molecular complexity index is 1190. The van der Waals surface area contributed by atoms with E-state index in [0.29, 0.717) is 17.0 Å². The van der Waals surface area contributed by atoms with Crippen LogP contribution in [0.25, 0.3) is 11.4 Å². The number of hydrogen-bond donors (Lipinski definition) is 1. The Morgan fingerprint density at radius 3 is 2.28 bits per heavy atom. The van der Waals surface area contributed by atoms with Crippen LogP contribution in [0, 0.1) is 6.92 Å². The number of esters is 1. The topological polar surface area (TPSA) is 94.3 Å². The van der Waals surface area contributed by atoms with E-state index in [1.807, 2.05) is 43.3 Å². The average molecular weight is 427 g/mol. The monoisotopic (exact) mass is 427 g/mol. The van der Waals surface area contributed by atoms with Crippen molar-refractivity contribution in [2.24, 2.45) is 0 Å². The highest BCUT2D eigenvalue weighted by Gasteiger charge is 2.25. The zero-order valence-electron chi connectivity index (χ0n) is 17.4. The highest BCUT2D eigenvalue weighted by molar-refractivity contribution is 5.97. The van der Waals surface area contributed by atoms with Crippen LogP contribution >= 0.6 is 0 Å². The second kappa shape index (κ2) is 9.70. The summed E-state index contributed by atoms with van der Waals surface area (Å²) in [5, 5.41) is 6.68. The van der Waals surface area contributed by atoms with Gasteiger partial charge in [-0.1, -0.05) is 83.5 Å². The zero-order chi connectivity index (χ0) is 22.3. The first-order valence-corrected chi connectivity index (χ1v) is 10.1. The van der Waals surface area contributed by atoms with Crippen molar-refractivity contribution >= 4 is 11.9 Å². The molecule has 0 saturated carbocycles. The smallest absolute Gasteiger partial charge is 0.333 e. The molecule has 0 aliphatic carbocycles. The lowest BCUT2D eigenvalue weighted by Crippen LogP contribution is -2.34. The first-order valence-electron chi connectivity index (χ1n) is 10.1. The maximum Gasteiger partial charge on any atom is 0.333 e. The predicted octanol–water partition coefficient (Wildman–Crippen LogP) is 4.26. The molecule has 0 aliphatic heterocycles. The fraction of sp³-hybridized carbons (Fsp3) is 0.120. The minimum Gasteiger partial charge on any atom is -0.454 e. The van der Waals surface area contributed by atoms with Gasteiger partial charge in [0.2, 0.25) is 5.82 Å². The van der Waals surface area contributed by atoms with Crippen molar-refractivity contribution in [1.29, 1.82) is 0 Å². The number of hydrogen-bond acceptors (Lipinski definition) is 6. The molecule has 1 N–H and O–H groups in total. The molecule has 160 valence electrons. The second-order valence-electron chi connectivity index (χ2n) is 7.17. The van der Waals surface area contributed by atoms with Gasteiger partial charge in [0.05, 0.1) is 0 Å². The van der Waals surface area contributed by atoms with E-state index in [4.69, 9.17) is 9.26 Å². The summed E-state index contributed by atoms with van der Waals surface area (Å²) in [6.45, 7) is 1.78. The number of aromatic nitrogens is 2. The van der Waals surface area contributed by atoms with Crippen LogP contribution in [0.1, 0.15) is 33.4 Å². The third-order valence-corrected chi connectivity index (χ3v) is 4.80. The quantitative estimate of drug-likeness (QED) is 0.443. The molecule has 1 amide bonds. The molecule has 0 radical (unpaired) electrons. The van der Waals surface area contributed by atoms with E-state index in [-0.39, 0.29) is 18.4 Å². The van der Waals surface area contributed by atoms with E-state index in [1.165, 1.54) is 0 Å². The van der Waals surface area contributed by atoms with Crippen LogP contribution in [-0.4, -0.2) is 22.0 Å². The number of carbonyl (C=O) groups is 2. The Morgan fingerprint density at radius 2 is 1.59 bits per heavy atom. The molecular weight excluding hydrogens is 406 g/mol. The Balaban J connectivity index is 1.46. The van der Waals surface area contributed by atoms with Crippen LogP contribution in [-0.2, 0) is 16.1 Å². The van der Waals surface area contributed by atoms with Gasteiger partial charge in [0, 0.05) is 11.1 Å². The van der Waals surface area contributed by atoms with Crippen LogP contribution < -0.4 is 5.32 Å². The summed E-state index contributed by atoms with van der Waals surface area (Å²) < 4.78 is 10.6. The number of nitrogens with one attached hydrogen (secondary N) is 1. The van der Waals surface area contributed by atoms with Gasteiger partial charge in [-0.2, -0.15) is 4.98 Å². The van der Waals surface area contributed by atoms with E-state index in [9.17, 15) is 9.59 Å². The van der Waals surface area contributed by atoms with Crippen molar-refractivity contribution in [1.82, 2.24) is 15.5 Å². The number of nitrogens with zero attached hydrogens (tertiary/aromatic N) is 2. The van der Waals surface area contributed by atoms with Gasteiger partial charge in [-0.15, -0.1) is 0 Å². The first kappa shape index (κ1) is 21.0. The molecule has 0 saturated heterocycles. The zero-order valence-corrected chi connectivity index (χ0v) is 17.4. The number of benzene rings is 3. The fourth-order valence-electron chi connectivity index (χ4n) is 3.08. The Morgan fingerprint density at radius 1 is 0.938 bits per heavy atom. The van der Waals surface area contributed by atoms with Crippen LogP contribution in [0.3, 0.4) is 0 Å². The summed E-state index contributed by atoms with van der Waals surface area (Å²) in [7, 11) is 0. The Labute approximate surface area is 185 Å². The average Bonchev–Trinajstić information content (AvgIpc) is 3.31. The molecule has 7 nitrogen and oxygen atoms in total. The number of rotatable bonds is 7. The molecule has 0 aliphatic rings. The van der Waals surface area contributed by atoms with Crippen molar-refractivity contribution in [3.63, 3.8) is 0 Å². The molecule has 0 bridgehead atoms. The van der Waals surface area contributed by atoms with Crippen LogP contribution in [0.15, 0.2) is 89.5 Å². The minimum absolute atomic E-state index is 0.162. The van der Waals surface area contributed by atoms with Gasteiger partial charge in [0.15, 0.2) is 12.6 Å². The fourth-order valence-corrected chi connectivity index (χ4v) is 3.08. The molecule has 1 aromatic heterocycles. The lowest BCUT2D eigenvalue weighted by atomic mass is 10.1. The largest absolute Gasteiger partial charge is 0.454 e. The molecular formula is C25H21N3O4. The molecule has 1 unspecified atom stereocenters. The number of amides is 1. The third-order valence-electron chi connectivity index (χ3n) is 4.80. The van der Waals surface area contributed by atoms with Crippen LogP contribution in [0.4, 0.5) is 0 Å². The molecule has 0 fully saturated rings. The lowest BCUT2D eigenvalue weighted by Gasteiger charge is -2.17. The summed E-state index contributed by atoms with van der Waals surface area (Å²) in [5.41, 5.74) is 2.97. The van der Waals surface area contributed by atoms with Gasteiger partial charge >= 0.3 is 5.97 Å². The van der Waals surface area contributed by atoms with Crippen molar-refractivity contribution in [2.75, 3.05) is 0 Å². The van der Waals surface area contributed by atoms with Crippen LogP contribution in [0.5, 0.6) is 0 Å². The number of ether oxygens (including phenoxy) is 1. The molecule has 4 rings (SSSR count). The molecule has 4 aromatic rings. The summed E-state index contributed by atoms with van der Waals surface area (Å²) >= 11 is 0. The molecule has 0 spiro atoms. The maximum absolute atomic E-state index is 12.9. The highest BCUT2D eigenvalue weighted by atomic mass is 16.6. The highest BCUT2D eigenvalue weighted by Crippen LogP contribution is 2.19. The van der Waals surface area contributed by atoms with Gasteiger partial charge in [-0.3, -0.25) is 4.79 Å². The lowest BCUT2D eigenvalue weighted by molar-refractivity contribution is -0.148. The Kier molecular flexibility index (Phi) is 6.36. The second-order valence-corrected chi connectivity index (χ2v) is 7.17. The van der Waals surface area contributed by atoms with Gasteiger partial charge in [-0.25, -0.2) is 4.79 Å². The summed E-state index contributed by atoms with van der Waals surface area (Å²) in [4.78, 5) is 29.8. The van der Waals surface area contributed by atoms with Crippen molar-refractivity contribution in [3.05, 3.63) is 108 Å². The van der Waals surface area contributed by atoms with Crippen molar-refractivity contribution in [2.45, 2.75) is 19.6 Å². The molecule has 3 aromatic carbocycles. The van der Waals surface area contributed by atoms with E-state index in [1.54, 1.807) is 48.5 Å².